The molecule has 1 N–H and O–H groups in total. The number of aryl methyl sites for hydroxylation is 1. The summed E-state index contributed by atoms with van der Waals surface area (Å²) in [6.07, 6.45) is 4.78. The zero-order valence-electron chi connectivity index (χ0n) is 12.4. The van der Waals surface area contributed by atoms with Gasteiger partial charge in [-0.15, -0.1) is 11.3 Å². The van der Waals surface area contributed by atoms with Gasteiger partial charge in [-0.2, -0.15) is 0 Å². The van der Waals surface area contributed by atoms with Crippen LogP contribution in [0.5, 0.6) is 0 Å². The van der Waals surface area contributed by atoms with Crippen molar-refractivity contribution in [2.75, 3.05) is 0 Å². The zero-order valence-corrected chi connectivity index (χ0v) is 13.2. The fourth-order valence-corrected chi connectivity index (χ4v) is 4.51. The van der Waals surface area contributed by atoms with E-state index in [2.05, 4.69) is 30.7 Å². The quantitative estimate of drug-likeness (QED) is 0.692. The lowest BCUT2D eigenvalue weighted by molar-refractivity contribution is 0.316. The molecule has 3 heterocycles. The Morgan fingerprint density at radius 3 is 2.95 bits per heavy atom. The highest BCUT2D eigenvalue weighted by atomic mass is 32.1. The van der Waals surface area contributed by atoms with Gasteiger partial charge in [0.1, 0.15) is 9.53 Å². The average molecular weight is 299 g/mol. The first-order valence-electron chi connectivity index (χ1n) is 7.24. The van der Waals surface area contributed by atoms with E-state index in [4.69, 9.17) is 4.98 Å². The molecule has 21 heavy (non-hydrogen) atoms. The highest BCUT2D eigenvalue weighted by molar-refractivity contribution is 7.25. The lowest BCUT2D eigenvalue weighted by atomic mass is 9.73. The Morgan fingerprint density at radius 1 is 1.33 bits per heavy atom. The minimum absolute atomic E-state index is 0.0653. The number of hydrogen-bond acceptors (Lipinski definition) is 4. The summed E-state index contributed by atoms with van der Waals surface area (Å²) in [5.74, 6) is 0. The van der Waals surface area contributed by atoms with Crippen LogP contribution in [0, 0.1) is 12.3 Å². The number of hydrogen-bond donors (Lipinski definition) is 1. The van der Waals surface area contributed by atoms with Crippen LogP contribution in [0.15, 0.2) is 11.1 Å². The number of nitrogens with zero attached hydrogens (tertiary/aromatic N) is 2. The number of aromatic amines is 1. The van der Waals surface area contributed by atoms with Gasteiger partial charge in [0.25, 0.3) is 5.56 Å². The topological polar surface area (TPSA) is 58.6 Å². The maximum atomic E-state index is 12.0. The molecule has 0 radical (unpaired) electrons. The lowest BCUT2D eigenvalue weighted by Gasteiger charge is -2.32. The highest BCUT2D eigenvalue weighted by Gasteiger charge is 2.29. The van der Waals surface area contributed by atoms with Crippen LogP contribution >= 0.6 is 11.3 Å². The smallest absolute Gasteiger partial charge is 0.268 e. The molecule has 0 saturated heterocycles. The van der Waals surface area contributed by atoms with Crippen molar-refractivity contribution in [2.24, 2.45) is 5.41 Å². The normalized spacial score (nSPS) is 17.3. The highest BCUT2D eigenvalue weighted by Crippen LogP contribution is 2.42. The van der Waals surface area contributed by atoms with Crippen LogP contribution in [-0.4, -0.2) is 15.0 Å². The summed E-state index contributed by atoms with van der Waals surface area (Å²) >= 11 is 1.46. The van der Waals surface area contributed by atoms with Gasteiger partial charge in [0, 0.05) is 11.1 Å². The Bertz CT molecular complexity index is 936. The van der Waals surface area contributed by atoms with E-state index in [0.29, 0.717) is 10.1 Å². The van der Waals surface area contributed by atoms with E-state index in [1.165, 1.54) is 35.2 Å². The van der Waals surface area contributed by atoms with Crippen LogP contribution in [0.25, 0.3) is 20.4 Å². The molecule has 4 nitrogen and oxygen atoms in total. The van der Waals surface area contributed by atoms with Gasteiger partial charge in [0.05, 0.1) is 11.8 Å². The first-order valence-corrected chi connectivity index (χ1v) is 8.06. The minimum Gasteiger partial charge on any atom is -0.312 e. The van der Waals surface area contributed by atoms with Crippen molar-refractivity contribution in [3.63, 3.8) is 0 Å². The molecule has 1 aliphatic rings. The van der Waals surface area contributed by atoms with Gasteiger partial charge in [-0.3, -0.25) is 4.79 Å². The largest absolute Gasteiger partial charge is 0.312 e. The van der Waals surface area contributed by atoms with Gasteiger partial charge in [0.15, 0.2) is 0 Å². The van der Waals surface area contributed by atoms with E-state index >= 15 is 0 Å². The monoisotopic (exact) mass is 299 g/mol. The molecular formula is C16H17N3OS. The Hall–Kier alpha value is -1.75. The Labute approximate surface area is 126 Å². The van der Waals surface area contributed by atoms with Crippen LogP contribution in [0.3, 0.4) is 0 Å². The van der Waals surface area contributed by atoms with E-state index in [0.717, 1.165) is 34.3 Å². The Kier molecular flexibility index (Phi) is 2.55. The third-order valence-corrected chi connectivity index (χ3v) is 5.61. The van der Waals surface area contributed by atoms with Crippen LogP contribution in [0.1, 0.15) is 37.1 Å². The van der Waals surface area contributed by atoms with E-state index in [1.807, 2.05) is 0 Å². The van der Waals surface area contributed by atoms with E-state index < -0.39 is 0 Å². The number of H-pyrrole nitrogens is 1. The lowest BCUT2D eigenvalue weighted by Crippen LogP contribution is -2.23. The van der Waals surface area contributed by atoms with Crippen LogP contribution in [0.4, 0.5) is 0 Å². The number of rotatable bonds is 0. The average Bonchev–Trinajstić information content (AvgIpc) is 2.77. The summed E-state index contributed by atoms with van der Waals surface area (Å²) in [5.41, 5.74) is 4.88. The number of pyridine rings is 1. The van der Waals surface area contributed by atoms with Crippen molar-refractivity contribution in [2.45, 2.75) is 40.0 Å². The molecule has 0 saturated carbocycles. The summed E-state index contributed by atoms with van der Waals surface area (Å²) in [6.45, 7) is 6.71. The van der Waals surface area contributed by atoms with Crippen molar-refractivity contribution in [1.82, 2.24) is 15.0 Å². The van der Waals surface area contributed by atoms with Crippen LogP contribution in [-0.2, 0) is 12.8 Å². The van der Waals surface area contributed by atoms with Crippen LogP contribution in [0.2, 0.25) is 0 Å². The van der Waals surface area contributed by atoms with Crippen molar-refractivity contribution < 1.29 is 0 Å². The SMILES string of the molecule is Cc1nc2sc3c(=O)[nH]cnc3c2c2c1CCC(C)(C)C2. The zero-order chi connectivity index (χ0) is 14.8. The molecule has 0 aromatic carbocycles. The van der Waals surface area contributed by atoms with Crippen molar-refractivity contribution in [3.05, 3.63) is 33.5 Å². The molecule has 3 aromatic rings. The molecule has 0 unspecified atom stereocenters. The number of aromatic nitrogens is 3. The van der Waals surface area contributed by atoms with Gasteiger partial charge in [0.2, 0.25) is 0 Å². The van der Waals surface area contributed by atoms with E-state index in [9.17, 15) is 4.79 Å². The second-order valence-electron chi connectivity index (χ2n) is 6.69. The maximum absolute atomic E-state index is 12.0. The van der Waals surface area contributed by atoms with E-state index in [1.54, 1.807) is 0 Å². The summed E-state index contributed by atoms with van der Waals surface area (Å²) in [4.78, 5) is 24.8. The molecule has 108 valence electrons. The molecule has 5 heteroatoms. The predicted molar refractivity (Wildman–Crippen MR) is 86.1 cm³/mol. The number of fused-ring (bicyclic) bond motifs is 5. The third-order valence-electron chi connectivity index (χ3n) is 4.54. The van der Waals surface area contributed by atoms with Crippen molar-refractivity contribution in [1.29, 1.82) is 0 Å². The predicted octanol–water partition coefficient (Wildman–Crippen LogP) is 3.36. The molecule has 1 aliphatic carbocycles. The van der Waals surface area contributed by atoms with Crippen molar-refractivity contribution in [3.8, 4) is 0 Å². The molecule has 0 bridgehead atoms. The number of nitrogens with one attached hydrogen (secondary N) is 1. The molecule has 0 atom stereocenters. The van der Waals surface area contributed by atoms with Crippen LogP contribution < -0.4 is 5.56 Å². The van der Waals surface area contributed by atoms with Gasteiger partial charge in [-0.05, 0) is 42.7 Å². The maximum Gasteiger partial charge on any atom is 0.268 e. The fourth-order valence-electron chi connectivity index (χ4n) is 3.41. The molecule has 4 rings (SSSR count). The van der Waals surface area contributed by atoms with Crippen molar-refractivity contribution >= 4 is 31.8 Å². The van der Waals surface area contributed by atoms with Gasteiger partial charge >= 0.3 is 0 Å². The molecule has 0 amide bonds. The van der Waals surface area contributed by atoms with Gasteiger partial charge < -0.3 is 4.98 Å². The first-order chi connectivity index (χ1) is 9.96. The Balaban J connectivity index is 2.19. The first kappa shape index (κ1) is 13.0. The molecule has 0 spiro atoms. The molecule has 3 aromatic heterocycles. The summed E-state index contributed by atoms with van der Waals surface area (Å²) in [6, 6.07) is 0. The summed E-state index contributed by atoms with van der Waals surface area (Å²) in [7, 11) is 0. The molecular weight excluding hydrogens is 282 g/mol. The molecule has 0 aliphatic heterocycles. The number of thiophene rings is 1. The van der Waals surface area contributed by atoms with Gasteiger partial charge in [-0.25, -0.2) is 9.97 Å². The third kappa shape index (κ3) is 1.83. The fraction of sp³-hybridized carbons (Fsp3) is 0.438. The molecule has 0 fully saturated rings. The Morgan fingerprint density at radius 2 is 2.14 bits per heavy atom. The minimum atomic E-state index is -0.0653. The second-order valence-corrected chi connectivity index (χ2v) is 7.69. The van der Waals surface area contributed by atoms with Gasteiger partial charge in [-0.1, -0.05) is 13.8 Å². The summed E-state index contributed by atoms with van der Waals surface area (Å²) in [5, 5.41) is 1.11. The summed E-state index contributed by atoms with van der Waals surface area (Å²) < 4.78 is 0.691. The standard InChI is InChI=1S/C16H17N3OS/c1-8-9-4-5-16(2,3)6-10(9)11-12-13(21-15(11)19-8)14(20)18-7-17-12/h7H,4-6H2,1-3H3,(H,17,18,20). The second kappa shape index (κ2) is 4.13. The van der Waals surface area contributed by atoms with E-state index in [-0.39, 0.29) is 5.56 Å².